The summed E-state index contributed by atoms with van der Waals surface area (Å²) in [5.41, 5.74) is 5.84. The van der Waals surface area contributed by atoms with Crippen LogP contribution in [0.3, 0.4) is 0 Å². The molecule has 8 nitrogen and oxygen atoms in total. The number of carbonyl (C=O) groups excluding carboxylic acids is 1. The summed E-state index contributed by atoms with van der Waals surface area (Å²) < 4.78 is 10.3. The molecule has 1 saturated heterocycles. The molecule has 136 valence electrons. The van der Waals surface area contributed by atoms with Crippen molar-refractivity contribution in [3.63, 3.8) is 0 Å². The van der Waals surface area contributed by atoms with Crippen molar-refractivity contribution in [1.29, 1.82) is 0 Å². The molecule has 1 aromatic heterocycles. The van der Waals surface area contributed by atoms with Gasteiger partial charge in [0.25, 0.3) is 0 Å². The Morgan fingerprint density at radius 2 is 2.17 bits per heavy atom. The van der Waals surface area contributed by atoms with Crippen molar-refractivity contribution in [1.82, 2.24) is 19.9 Å². The highest BCUT2D eigenvalue weighted by Gasteiger charge is 2.30. The lowest BCUT2D eigenvalue weighted by atomic mass is 10.2. The fraction of sp³-hybridized carbons (Fsp3) is 0.800. The monoisotopic (exact) mass is 359 g/mol. The molecule has 1 unspecified atom stereocenters. The van der Waals surface area contributed by atoms with Crippen LogP contribution in [0.15, 0.2) is 4.52 Å². The Labute approximate surface area is 148 Å². The van der Waals surface area contributed by atoms with E-state index in [1.807, 2.05) is 4.90 Å². The molecule has 0 radical (unpaired) electrons. The Hall–Kier alpha value is -1.22. The van der Waals surface area contributed by atoms with E-state index in [0.29, 0.717) is 19.0 Å². The van der Waals surface area contributed by atoms with E-state index < -0.39 is 6.04 Å². The number of nitrogens with two attached hydrogens (primary N) is 1. The van der Waals surface area contributed by atoms with Crippen molar-refractivity contribution in [2.75, 3.05) is 39.9 Å². The number of methoxy groups -OCH3 is 1. The van der Waals surface area contributed by atoms with Crippen LogP contribution in [0, 0.1) is 0 Å². The predicted octanol–water partition coefficient (Wildman–Crippen LogP) is 0.377. The Bertz CT molecular complexity index is 537. The molecule has 1 amide bonds. The van der Waals surface area contributed by atoms with Crippen LogP contribution >= 0.6 is 12.4 Å². The number of nitrogens with zero attached hydrogens (tertiary/aromatic N) is 4. The van der Waals surface area contributed by atoms with E-state index in [-0.39, 0.29) is 24.9 Å². The van der Waals surface area contributed by atoms with Crippen LogP contribution in [0.2, 0.25) is 0 Å². The SMILES string of the molecule is COCC(N)C(=O)N1CCCN(Cc2noc(C3CC3)n2)CC1.Cl. The van der Waals surface area contributed by atoms with Crippen molar-refractivity contribution in [2.45, 2.75) is 37.8 Å². The molecule has 2 fully saturated rings. The van der Waals surface area contributed by atoms with Crippen molar-refractivity contribution < 1.29 is 14.1 Å². The second-order valence-electron chi connectivity index (χ2n) is 6.34. The zero-order valence-electron chi connectivity index (χ0n) is 14.0. The lowest BCUT2D eigenvalue weighted by Crippen LogP contribution is -2.47. The Morgan fingerprint density at radius 1 is 1.38 bits per heavy atom. The van der Waals surface area contributed by atoms with Gasteiger partial charge in [-0.1, -0.05) is 5.16 Å². The van der Waals surface area contributed by atoms with E-state index in [4.69, 9.17) is 15.0 Å². The van der Waals surface area contributed by atoms with Gasteiger partial charge in [-0.2, -0.15) is 4.98 Å². The van der Waals surface area contributed by atoms with E-state index in [2.05, 4.69) is 15.0 Å². The molecule has 2 N–H and O–H groups in total. The highest BCUT2D eigenvalue weighted by molar-refractivity contribution is 5.85. The van der Waals surface area contributed by atoms with E-state index in [1.54, 1.807) is 7.11 Å². The number of rotatable bonds is 6. The number of hydrogen-bond acceptors (Lipinski definition) is 7. The van der Waals surface area contributed by atoms with Gasteiger partial charge in [-0.25, -0.2) is 0 Å². The molecule has 0 aromatic carbocycles. The molecule has 2 aliphatic rings. The highest BCUT2D eigenvalue weighted by atomic mass is 35.5. The number of amides is 1. The summed E-state index contributed by atoms with van der Waals surface area (Å²) in [6.07, 6.45) is 3.23. The van der Waals surface area contributed by atoms with Gasteiger partial charge in [0, 0.05) is 39.2 Å². The molecular weight excluding hydrogens is 334 g/mol. The smallest absolute Gasteiger partial charge is 0.241 e. The Balaban J connectivity index is 0.00000208. The van der Waals surface area contributed by atoms with Crippen LogP contribution in [0.25, 0.3) is 0 Å². The zero-order valence-corrected chi connectivity index (χ0v) is 14.8. The molecule has 1 aliphatic heterocycles. The van der Waals surface area contributed by atoms with Gasteiger partial charge in [0.15, 0.2) is 5.82 Å². The zero-order chi connectivity index (χ0) is 16.2. The first-order valence-corrected chi connectivity index (χ1v) is 8.25. The summed E-state index contributed by atoms with van der Waals surface area (Å²) in [6.45, 7) is 4.03. The third-order valence-electron chi connectivity index (χ3n) is 4.34. The third kappa shape index (κ3) is 4.89. The molecule has 1 atom stereocenters. The van der Waals surface area contributed by atoms with Crippen molar-refractivity contribution >= 4 is 18.3 Å². The van der Waals surface area contributed by atoms with E-state index in [9.17, 15) is 4.79 Å². The topological polar surface area (TPSA) is 97.7 Å². The summed E-state index contributed by atoms with van der Waals surface area (Å²) in [5.74, 6) is 1.96. The normalized spacial score (nSPS) is 20.3. The molecular formula is C15H26ClN5O3. The van der Waals surface area contributed by atoms with Crippen molar-refractivity contribution in [3.05, 3.63) is 11.7 Å². The molecule has 2 heterocycles. The van der Waals surface area contributed by atoms with Gasteiger partial charge in [-0.3, -0.25) is 9.69 Å². The summed E-state index contributed by atoms with van der Waals surface area (Å²) in [5, 5.41) is 4.06. The van der Waals surface area contributed by atoms with E-state index in [0.717, 1.165) is 50.6 Å². The van der Waals surface area contributed by atoms with Crippen LogP contribution in [0.5, 0.6) is 0 Å². The minimum atomic E-state index is -0.579. The molecule has 1 aromatic rings. The van der Waals surface area contributed by atoms with Gasteiger partial charge in [0.2, 0.25) is 11.8 Å². The average Bonchev–Trinajstić information content (AvgIpc) is 3.32. The van der Waals surface area contributed by atoms with E-state index >= 15 is 0 Å². The quantitative estimate of drug-likeness (QED) is 0.783. The van der Waals surface area contributed by atoms with Crippen LogP contribution in [-0.4, -0.2) is 71.8 Å². The second kappa shape index (κ2) is 8.75. The van der Waals surface area contributed by atoms with Crippen LogP contribution in [-0.2, 0) is 16.1 Å². The summed E-state index contributed by atoms with van der Waals surface area (Å²) >= 11 is 0. The van der Waals surface area contributed by atoms with Gasteiger partial charge in [-0.15, -0.1) is 12.4 Å². The maximum Gasteiger partial charge on any atom is 0.241 e. The fourth-order valence-electron chi connectivity index (χ4n) is 2.86. The van der Waals surface area contributed by atoms with Gasteiger partial charge in [-0.05, 0) is 19.3 Å². The highest BCUT2D eigenvalue weighted by Crippen LogP contribution is 2.38. The Morgan fingerprint density at radius 3 is 2.88 bits per heavy atom. The maximum atomic E-state index is 12.3. The first-order valence-electron chi connectivity index (χ1n) is 8.25. The third-order valence-corrected chi connectivity index (χ3v) is 4.34. The molecule has 1 aliphatic carbocycles. The molecule has 3 rings (SSSR count). The first kappa shape index (κ1) is 19.1. The van der Waals surface area contributed by atoms with Gasteiger partial charge < -0.3 is 19.9 Å². The van der Waals surface area contributed by atoms with E-state index in [1.165, 1.54) is 0 Å². The number of ether oxygens (including phenoxy) is 1. The number of hydrogen-bond donors (Lipinski definition) is 1. The molecule has 0 bridgehead atoms. The molecule has 1 saturated carbocycles. The summed E-state index contributed by atoms with van der Waals surface area (Å²) in [4.78, 5) is 20.8. The van der Waals surface area contributed by atoms with Crippen molar-refractivity contribution in [2.24, 2.45) is 5.73 Å². The van der Waals surface area contributed by atoms with Crippen LogP contribution in [0.4, 0.5) is 0 Å². The standard InChI is InChI=1S/C15H25N5O3.ClH/c1-22-10-12(16)15(21)20-6-2-5-19(7-8-20)9-13-17-14(23-18-13)11-3-4-11;/h11-12H,2-10,16H2,1H3;1H. The minimum Gasteiger partial charge on any atom is -0.383 e. The number of halogens is 1. The molecule has 9 heteroatoms. The average molecular weight is 360 g/mol. The lowest BCUT2D eigenvalue weighted by molar-refractivity contribution is -0.133. The predicted molar refractivity (Wildman–Crippen MR) is 89.8 cm³/mol. The molecule has 0 spiro atoms. The second-order valence-corrected chi connectivity index (χ2v) is 6.34. The van der Waals surface area contributed by atoms with Crippen molar-refractivity contribution in [3.8, 4) is 0 Å². The van der Waals surface area contributed by atoms with Crippen LogP contribution < -0.4 is 5.73 Å². The number of carbonyl (C=O) groups is 1. The Kier molecular flexibility index (Phi) is 6.97. The minimum absolute atomic E-state index is 0. The lowest BCUT2D eigenvalue weighted by Gasteiger charge is -2.24. The van der Waals surface area contributed by atoms with Crippen LogP contribution in [0.1, 0.15) is 36.9 Å². The van der Waals surface area contributed by atoms with Gasteiger partial charge in [0.05, 0.1) is 13.2 Å². The largest absolute Gasteiger partial charge is 0.383 e. The first-order chi connectivity index (χ1) is 11.2. The molecule has 24 heavy (non-hydrogen) atoms. The number of aromatic nitrogens is 2. The summed E-state index contributed by atoms with van der Waals surface area (Å²) in [7, 11) is 1.55. The fourth-order valence-corrected chi connectivity index (χ4v) is 2.86. The van der Waals surface area contributed by atoms with Gasteiger partial charge >= 0.3 is 0 Å². The summed E-state index contributed by atoms with van der Waals surface area (Å²) in [6, 6.07) is -0.579. The van der Waals surface area contributed by atoms with Gasteiger partial charge in [0.1, 0.15) is 6.04 Å². The maximum absolute atomic E-state index is 12.3.